The molecule has 5 nitrogen and oxygen atoms in total. The van der Waals surface area contributed by atoms with Crippen LogP contribution in [0.15, 0.2) is 68.7 Å². The molecule has 0 aliphatic rings. The van der Waals surface area contributed by atoms with E-state index in [2.05, 4.69) is 26.0 Å². The van der Waals surface area contributed by atoms with Crippen molar-refractivity contribution in [1.29, 1.82) is 0 Å². The summed E-state index contributed by atoms with van der Waals surface area (Å²) in [6.45, 7) is 0. The van der Waals surface area contributed by atoms with Gasteiger partial charge in [0.05, 0.1) is 4.53 Å². The van der Waals surface area contributed by atoms with Crippen molar-refractivity contribution in [2.24, 2.45) is 0 Å². The normalized spacial score (nSPS) is 12.0. The van der Waals surface area contributed by atoms with E-state index in [1.165, 1.54) is 4.52 Å². The third-order valence-corrected chi connectivity index (χ3v) is 5.32. The molecule has 26 heavy (non-hydrogen) atoms. The second-order valence-electron chi connectivity index (χ2n) is 5.69. The van der Waals surface area contributed by atoms with Gasteiger partial charge in [-0.2, -0.15) is 14.6 Å². The van der Waals surface area contributed by atoms with Gasteiger partial charge in [0.25, 0.3) is 11.1 Å². The molecule has 0 N–H and O–H groups in total. The molecule has 0 bridgehead atoms. The minimum Gasteiger partial charge on any atom is -0.266 e. The smallest absolute Gasteiger partial charge is 0.266 e. The number of fused-ring (bicyclic) bond motifs is 1. The summed E-state index contributed by atoms with van der Waals surface area (Å²) in [5.41, 5.74) is 1.44. The maximum absolute atomic E-state index is 12.6. The lowest BCUT2D eigenvalue weighted by Gasteiger charge is -1.99. The van der Waals surface area contributed by atoms with Crippen molar-refractivity contribution in [3.05, 3.63) is 101 Å². The fourth-order valence-corrected chi connectivity index (χ4v) is 3.72. The lowest BCUT2D eigenvalue weighted by molar-refractivity contribution is 0.811. The zero-order valence-corrected chi connectivity index (χ0v) is 15.8. The van der Waals surface area contributed by atoms with Crippen LogP contribution < -0.4 is 15.7 Å². The molecule has 4 rings (SSSR count). The molecule has 2 aromatic heterocycles. The molecule has 0 aliphatic heterocycles. The molecule has 0 radical (unpaired) electrons. The van der Waals surface area contributed by atoms with Crippen molar-refractivity contribution in [1.82, 2.24) is 14.6 Å². The van der Waals surface area contributed by atoms with Crippen LogP contribution in [0.5, 0.6) is 0 Å². The topological polar surface area (TPSA) is 64.3 Å². The monoisotopic (exact) mass is 425 g/mol. The summed E-state index contributed by atoms with van der Waals surface area (Å²) in [4.78, 5) is 29.3. The van der Waals surface area contributed by atoms with Gasteiger partial charge in [-0.1, -0.05) is 69.7 Å². The number of benzene rings is 2. The van der Waals surface area contributed by atoms with E-state index in [4.69, 9.17) is 0 Å². The summed E-state index contributed by atoms with van der Waals surface area (Å²) in [5.74, 6) is 0. The molecule has 0 amide bonds. The SMILES string of the molecule is O=c1nc2s/c(=C/c3ccc(Br)cc3)c(=O)n2nc1Cc1ccccc1. The van der Waals surface area contributed by atoms with Gasteiger partial charge in [0.1, 0.15) is 5.69 Å². The van der Waals surface area contributed by atoms with E-state index in [1.54, 1.807) is 6.08 Å². The Morgan fingerprint density at radius 3 is 2.50 bits per heavy atom. The van der Waals surface area contributed by atoms with E-state index >= 15 is 0 Å². The predicted molar refractivity (Wildman–Crippen MR) is 106 cm³/mol. The first-order valence-corrected chi connectivity index (χ1v) is 9.45. The van der Waals surface area contributed by atoms with Gasteiger partial charge in [0.15, 0.2) is 0 Å². The van der Waals surface area contributed by atoms with Crippen molar-refractivity contribution in [2.75, 3.05) is 0 Å². The minimum atomic E-state index is -0.398. The Balaban J connectivity index is 1.81. The Labute approximate surface area is 160 Å². The number of rotatable bonds is 3. The summed E-state index contributed by atoms with van der Waals surface area (Å²) < 4.78 is 2.67. The molecular weight excluding hydrogens is 414 g/mol. The average molecular weight is 426 g/mol. The lowest BCUT2D eigenvalue weighted by atomic mass is 10.1. The number of nitrogens with zero attached hydrogens (tertiary/aromatic N) is 3. The molecule has 0 atom stereocenters. The van der Waals surface area contributed by atoms with Gasteiger partial charge in [0.2, 0.25) is 4.96 Å². The number of hydrogen-bond acceptors (Lipinski definition) is 5. The summed E-state index contributed by atoms with van der Waals surface area (Å²) in [5, 5.41) is 4.26. The van der Waals surface area contributed by atoms with E-state index in [0.29, 0.717) is 15.9 Å². The Bertz CT molecular complexity index is 1250. The Morgan fingerprint density at radius 2 is 1.77 bits per heavy atom. The molecule has 0 saturated carbocycles. The second kappa shape index (κ2) is 6.93. The maximum Gasteiger partial charge on any atom is 0.296 e. The van der Waals surface area contributed by atoms with E-state index in [1.807, 2.05) is 54.6 Å². The maximum atomic E-state index is 12.6. The van der Waals surface area contributed by atoms with Crippen molar-refractivity contribution < 1.29 is 0 Å². The molecule has 2 heterocycles. The first-order chi connectivity index (χ1) is 12.6. The Morgan fingerprint density at radius 1 is 1.04 bits per heavy atom. The highest BCUT2D eigenvalue weighted by Crippen LogP contribution is 2.11. The second-order valence-corrected chi connectivity index (χ2v) is 7.61. The van der Waals surface area contributed by atoms with Crippen LogP contribution in [0.3, 0.4) is 0 Å². The van der Waals surface area contributed by atoms with E-state index in [-0.39, 0.29) is 11.3 Å². The highest BCUT2D eigenvalue weighted by atomic mass is 79.9. The van der Waals surface area contributed by atoms with Gasteiger partial charge in [-0.3, -0.25) is 9.59 Å². The van der Waals surface area contributed by atoms with Gasteiger partial charge in [0, 0.05) is 10.9 Å². The average Bonchev–Trinajstić information content (AvgIpc) is 2.93. The van der Waals surface area contributed by atoms with Crippen molar-refractivity contribution >= 4 is 38.3 Å². The Hall–Kier alpha value is -2.64. The first kappa shape index (κ1) is 16.8. The molecule has 4 aromatic rings. The summed E-state index contributed by atoms with van der Waals surface area (Å²) in [6.07, 6.45) is 2.12. The largest absolute Gasteiger partial charge is 0.296 e. The van der Waals surface area contributed by atoms with Gasteiger partial charge < -0.3 is 0 Å². The summed E-state index contributed by atoms with van der Waals surface area (Å²) in [6, 6.07) is 17.1. The number of hydrogen-bond donors (Lipinski definition) is 0. The van der Waals surface area contributed by atoms with Gasteiger partial charge in [-0.15, -0.1) is 0 Å². The van der Waals surface area contributed by atoms with Gasteiger partial charge in [-0.05, 0) is 29.3 Å². The molecule has 7 heteroatoms. The van der Waals surface area contributed by atoms with E-state index in [0.717, 1.165) is 26.9 Å². The molecular formula is C19H12BrN3O2S. The zero-order valence-electron chi connectivity index (χ0n) is 13.4. The van der Waals surface area contributed by atoms with Crippen molar-refractivity contribution in [2.45, 2.75) is 6.42 Å². The molecule has 0 spiro atoms. The van der Waals surface area contributed by atoms with Crippen LogP contribution in [-0.2, 0) is 6.42 Å². The quantitative estimate of drug-likeness (QED) is 0.505. The molecule has 128 valence electrons. The third-order valence-electron chi connectivity index (χ3n) is 3.83. The van der Waals surface area contributed by atoms with E-state index < -0.39 is 5.56 Å². The van der Waals surface area contributed by atoms with Crippen LogP contribution in [0.25, 0.3) is 11.0 Å². The molecule has 0 fully saturated rings. The predicted octanol–water partition coefficient (Wildman–Crippen LogP) is 2.41. The Kier molecular flexibility index (Phi) is 4.48. The number of thiazole rings is 1. The van der Waals surface area contributed by atoms with Crippen LogP contribution in [0.1, 0.15) is 16.8 Å². The molecule has 0 saturated heterocycles. The summed E-state index contributed by atoms with van der Waals surface area (Å²) >= 11 is 4.55. The standard InChI is InChI=1S/C19H12BrN3O2S/c20-14-8-6-13(7-9-14)11-16-18(25)23-19(26-16)21-17(24)15(22-23)10-12-4-2-1-3-5-12/h1-9,11H,10H2/b16-11+. The van der Waals surface area contributed by atoms with Gasteiger partial charge in [-0.25, -0.2) is 0 Å². The fraction of sp³-hybridized carbons (Fsp3) is 0.0526. The highest BCUT2D eigenvalue weighted by Gasteiger charge is 2.11. The number of aromatic nitrogens is 3. The van der Waals surface area contributed by atoms with Crippen LogP contribution in [-0.4, -0.2) is 14.6 Å². The molecule has 0 unspecified atom stereocenters. The summed E-state index contributed by atoms with van der Waals surface area (Å²) in [7, 11) is 0. The molecule has 0 aliphatic carbocycles. The fourth-order valence-electron chi connectivity index (χ4n) is 2.55. The first-order valence-electron chi connectivity index (χ1n) is 7.84. The zero-order chi connectivity index (χ0) is 18.1. The van der Waals surface area contributed by atoms with Crippen molar-refractivity contribution in [3.8, 4) is 0 Å². The highest BCUT2D eigenvalue weighted by molar-refractivity contribution is 9.10. The minimum absolute atomic E-state index is 0.263. The number of halogens is 1. The van der Waals surface area contributed by atoms with Crippen LogP contribution in [0, 0.1) is 0 Å². The van der Waals surface area contributed by atoms with Crippen molar-refractivity contribution in [3.63, 3.8) is 0 Å². The van der Waals surface area contributed by atoms with Crippen LogP contribution in [0.4, 0.5) is 0 Å². The molecule has 2 aromatic carbocycles. The third kappa shape index (κ3) is 3.36. The lowest BCUT2D eigenvalue weighted by Crippen LogP contribution is -2.28. The van der Waals surface area contributed by atoms with Crippen LogP contribution >= 0.6 is 27.3 Å². The van der Waals surface area contributed by atoms with E-state index in [9.17, 15) is 9.59 Å². The van der Waals surface area contributed by atoms with Crippen LogP contribution in [0.2, 0.25) is 0 Å². The van der Waals surface area contributed by atoms with Gasteiger partial charge >= 0.3 is 0 Å².